The number of nitrogens with zero attached hydrogens (tertiary/aromatic N) is 2. The third kappa shape index (κ3) is 4.88. The minimum Gasteiger partial charge on any atom is -0.497 e. The lowest BCUT2D eigenvalue weighted by Gasteiger charge is -2.40. The Morgan fingerprint density at radius 1 is 0.775 bits per heavy atom. The van der Waals surface area contributed by atoms with Gasteiger partial charge in [0.05, 0.1) is 13.0 Å². The van der Waals surface area contributed by atoms with Gasteiger partial charge in [-0.3, -0.25) is 14.5 Å². The molecule has 40 heavy (non-hydrogen) atoms. The number of carbonyl (C=O) groups is 2. The van der Waals surface area contributed by atoms with Crippen LogP contribution in [0.1, 0.15) is 65.1 Å². The third-order valence-corrected chi connectivity index (χ3v) is 8.22. The van der Waals surface area contributed by atoms with Crippen LogP contribution < -0.4 is 9.64 Å². The summed E-state index contributed by atoms with van der Waals surface area (Å²) in [6.45, 7) is 0.660. The van der Waals surface area contributed by atoms with Gasteiger partial charge >= 0.3 is 0 Å². The number of imide groups is 1. The Bertz CT molecular complexity index is 1500. The Morgan fingerprint density at radius 3 is 2.15 bits per heavy atom. The first kappa shape index (κ1) is 25.9. The van der Waals surface area contributed by atoms with Crippen LogP contribution in [0.3, 0.4) is 0 Å². The number of hydrogen-bond acceptors (Lipinski definition) is 4. The quantitative estimate of drug-likeness (QED) is 0.243. The molecule has 0 saturated heterocycles. The number of ether oxygens (including phenoxy) is 1. The molecular formula is C35H34N2O3. The Labute approximate surface area is 236 Å². The van der Waals surface area contributed by atoms with Crippen LogP contribution >= 0.6 is 0 Å². The zero-order valence-electron chi connectivity index (χ0n) is 22.8. The number of fused-ring (bicyclic) bond motifs is 2. The van der Waals surface area contributed by atoms with Crippen molar-refractivity contribution in [3.8, 4) is 5.75 Å². The van der Waals surface area contributed by atoms with Gasteiger partial charge in [0, 0.05) is 29.5 Å². The lowest BCUT2D eigenvalue weighted by atomic mass is 9.82. The van der Waals surface area contributed by atoms with E-state index in [9.17, 15) is 9.59 Å². The van der Waals surface area contributed by atoms with Gasteiger partial charge in [-0.05, 0) is 65.9 Å². The predicted molar refractivity (Wildman–Crippen MR) is 158 cm³/mol. The molecule has 6 rings (SSSR count). The second-order valence-corrected chi connectivity index (χ2v) is 10.7. The lowest BCUT2D eigenvalue weighted by Crippen LogP contribution is -2.48. The number of benzene rings is 4. The summed E-state index contributed by atoms with van der Waals surface area (Å²) in [6, 6.07) is 33.5. The number of amides is 2. The van der Waals surface area contributed by atoms with Crippen molar-refractivity contribution in [1.82, 2.24) is 4.90 Å². The van der Waals surface area contributed by atoms with E-state index in [4.69, 9.17) is 4.74 Å². The maximum Gasteiger partial charge on any atom is 0.260 e. The van der Waals surface area contributed by atoms with E-state index < -0.39 is 5.92 Å². The smallest absolute Gasteiger partial charge is 0.260 e. The molecule has 1 fully saturated rings. The Balaban J connectivity index is 1.49. The minimum atomic E-state index is -0.622. The third-order valence-electron chi connectivity index (χ3n) is 8.22. The summed E-state index contributed by atoms with van der Waals surface area (Å²) in [7, 11) is 1.64. The molecule has 0 radical (unpaired) electrons. The van der Waals surface area contributed by atoms with Gasteiger partial charge in [-0.25, -0.2) is 0 Å². The van der Waals surface area contributed by atoms with E-state index in [0.29, 0.717) is 17.9 Å². The minimum absolute atomic E-state index is 0.113. The highest BCUT2D eigenvalue weighted by atomic mass is 16.5. The number of anilines is 2. The van der Waals surface area contributed by atoms with Gasteiger partial charge in [-0.15, -0.1) is 0 Å². The largest absolute Gasteiger partial charge is 0.497 e. The van der Waals surface area contributed by atoms with Crippen molar-refractivity contribution < 1.29 is 14.3 Å². The summed E-state index contributed by atoms with van der Waals surface area (Å²) in [6.07, 6.45) is 4.85. The van der Waals surface area contributed by atoms with E-state index in [1.807, 2.05) is 72.8 Å². The van der Waals surface area contributed by atoms with Gasteiger partial charge < -0.3 is 9.64 Å². The van der Waals surface area contributed by atoms with E-state index in [1.165, 1.54) is 5.56 Å². The summed E-state index contributed by atoms with van der Waals surface area (Å²) < 4.78 is 5.63. The standard InChI is InChI=1S/C35H34N2O3/c1-40-28-21-22-32-30(23-28)33(29-19-11-12-20-31(29)36(32)24-25-13-5-2-6-14-25)35(39)37(27-17-9-4-10-18-27)34(38)26-15-7-3-8-16-26/h2-3,5-8,11-16,19-23,27,33H,4,9-10,17-18,24H2,1H3. The number of para-hydroxylation sites is 1. The average Bonchev–Trinajstić information content (AvgIpc) is 3.02. The van der Waals surface area contributed by atoms with E-state index in [2.05, 4.69) is 23.1 Å². The highest BCUT2D eigenvalue weighted by Gasteiger charge is 2.41. The normalized spacial score (nSPS) is 16.5. The molecule has 1 atom stereocenters. The van der Waals surface area contributed by atoms with Crippen LogP contribution in [-0.4, -0.2) is 29.9 Å². The molecule has 1 heterocycles. The van der Waals surface area contributed by atoms with Crippen LogP contribution in [0.25, 0.3) is 0 Å². The van der Waals surface area contributed by atoms with Crippen LogP contribution in [0.15, 0.2) is 103 Å². The molecule has 2 amide bonds. The van der Waals surface area contributed by atoms with E-state index in [0.717, 1.165) is 54.6 Å². The van der Waals surface area contributed by atoms with Gasteiger partial charge in [0.25, 0.3) is 5.91 Å². The summed E-state index contributed by atoms with van der Waals surface area (Å²) in [5.41, 5.74) is 5.43. The molecule has 0 bridgehead atoms. The molecule has 0 aromatic heterocycles. The van der Waals surface area contributed by atoms with E-state index in [-0.39, 0.29) is 17.9 Å². The lowest BCUT2D eigenvalue weighted by molar-refractivity contribution is -0.131. The van der Waals surface area contributed by atoms with Crippen molar-refractivity contribution >= 4 is 23.2 Å². The van der Waals surface area contributed by atoms with Gasteiger partial charge in [-0.1, -0.05) is 86.0 Å². The van der Waals surface area contributed by atoms with Crippen molar-refractivity contribution in [2.45, 2.75) is 50.6 Å². The van der Waals surface area contributed by atoms with Crippen molar-refractivity contribution in [1.29, 1.82) is 0 Å². The molecule has 202 valence electrons. The Morgan fingerprint density at radius 2 is 1.43 bits per heavy atom. The summed E-state index contributed by atoms with van der Waals surface area (Å²) in [4.78, 5) is 32.8. The molecule has 4 aromatic carbocycles. The first-order valence-electron chi connectivity index (χ1n) is 14.2. The Hall–Kier alpha value is -4.38. The van der Waals surface area contributed by atoms with Gasteiger partial charge in [0.1, 0.15) is 5.75 Å². The van der Waals surface area contributed by atoms with Crippen LogP contribution in [0, 0.1) is 0 Å². The monoisotopic (exact) mass is 530 g/mol. The molecule has 0 spiro atoms. The number of hydrogen-bond donors (Lipinski definition) is 0. The van der Waals surface area contributed by atoms with Crippen molar-refractivity contribution in [3.05, 3.63) is 125 Å². The molecule has 1 saturated carbocycles. The van der Waals surface area contributed by atoms with E-state index >= 15 is 0 Å². The van der Waals surface area contributed by atoms with Gasteiger partial charge in [0.2, 0.25) is 5.91 Å². The molecule has 2 aliphatic rings. The molecule has 1 aliphatic carbocycles. The Kier molecular flexibility index (Phi) is 7.37. The number of methoxy groups -OCH3 is 1. The molecule has 1 aliphatic heterocycles. The van der Waals surface area contributed by atoms with Crippen molar-refractivity contribution in [2.24, 2.45) is 0 Å². The fourth-order valence-corrected chi connectivity index (χ4v) is 6.26. The van der Waals surface area contributed by atoms with Crippen LogP contribution in [0.2, 0.25) is 0 Å². The molecular weight excluding hydrogens is 496 g/mol. The summed E-state index contributed by atoms with van der Waals surface area (Å²) >= 11 is 0. The van der Waals surface area contributed by atoms with Crippen LogP contribution in [0.5, 0.6) is 5.75 Å². The van der Waals surface area contributed by atoms with Gasteiger partial charge in [-0.2, -0.15) is 0 Å². The summed E-state index contributed by atoms with van der Waals surface area (Å²) in [5.74, 6) is -0.315. The maximum absolute atomic E-state index is 14.8. The van der Waals surface area contributed by atoms with Crippen molar-refractivity contribution in [3.63, 3.8) is 0 Å². The molecule has 5 nitrogen and oxygen atoms in total. The molecule has 0 N–H and O–H groups in total. The maximum atomic E-state index is 14.8. The van der Waals surface area contributed by atoms with Crippen molar-refractivity contribution in [2.75, 3.05) is 12.0 Å². The van der Waals surface area contributed by atoms with E-state index in [1.54, 1.807) is 24.1 Å². The number of carbonyl (C=O) groups excluding carboxylic acids is 2. The average molecular weight is 531 g/mol. The molecule has 5 heteroatoms. The first-order chi connectivity index (χ1) is 19.7. The predicted octanol–water partition coefficient (Wildman–Crippen LogP) is 7.48. The molecule has 1 unspecified atom stereocenters. The second-order valence-electron chi connectivity index (χ2n) is 10.7. The zero-order valence-corrected chi connectivity index (χ0v) is 22.8. The zero-order chi connectivity index (χ0) is 27.5. The topological polar surface area (TPSA) is 49.9 Å². The summed E-state index contributed by atoms with van der Waals surface area (Å²) in [5, 5.41) is 0. The van der Waals surface area contributed by atoms with Gasteiger partial charge in [0.15, 0.2) is 0 Å². The molecule has 4 aromatic rings. The first-order valence-corrected chi connectivity index (χ1v) is 14.2. The van der Waals surface area contributed by atoms with Crippen LogP contribution in [-0.2, 0) is 11.3 Å². The SMILES string of the molecule is COc1ccc2c(c1)C(C(=O)N(C(=O)c1ccccc1)C1CCCCC1)c1ccccc1N2Cc1ccccc1. The highest BCUT2D eigenvalue weighted by Crippen LogP contribution is 2.48. The van der Waals surface area contributed by atoms with Crippen LogP contribution in [0.4, 0.5) is 11.4 Å². The fourth-order valence-electron chi connectivity index (χ4n) is 6.26. The number of rotatable bonds is 6. The second kappa shape index (κ2) is 11.4. The fraction of sp³-hybridized carbons (Fsp3) is 0.257. The highest BCUT2D eigenvalue weighted by molar-refractivity contribution is 6.09.